The van der Waals surface area contributed by atoms with E-state index in [1.807, 2.05) is 0 Å². The molecule has 2 nitrogen and oxygen atoms in total. The summed E-state index contributed by atoms with van der Waals surface area (Å²) >= 11 is 0. The van der Waals surface area contributed by atoms with Crippen LogP contribution in [0.4, 0.5) is 0 Å². The van der Waals surface area contributed by atoms with Crippen molar-refractivity contribution in [1.29, 1.82) is 0 Å². The van der Waals surface area contributed by atoms with E-state index in [-0.39, 0.29) is 11.0 Å². The fourth-order valence-corrected chi connectivity index (χ4v) is 1.80. The number of hydrogen-bond donors (Lipinski definition) is 1. The Labute approximate surface area is 104 Å². The minimum Gasteiger partial charge on any atom is -0.491 e. The predicted molar refractivity (Wildman–Crippen MR) is 71.5 cm³/mol. The maximum Gasteiger partial charge on any atom is 0.122 e. The Morgan fingerprint density at radius 3 is 2.41 bits per heavy atom. The smallest absolute Gasteiger partial charge is 0.122 e. The normalized spacial score (nSPS) is 17.9. The monoisotopic (exact) mass is 233 g/mol. The van der Waals surface area contributed by atoms with E-state index in [0.29, 0.717) is 6.61 Å². The van der Waals surface area contributed by atoms with Gasteiger partial charge in [0.05, 0.1) is 5.54 Å². The van der Waals surface area contributed by atoms with Gasteiger partial charge in [-0.15, -0.1) is 0 Å². The zero-order chi connectivity index (χ0) is 12.7. The molecule has 0 spiro atoms. The lowest BCUT2D eigenvalue weighted by atomic mass is 9.86. The van der Waals surface area contributed by atoms with Crippen molar-refractivity contribution in [2.45, 2.75) is 51.5 Å². The second kappa shape index (κ2) is 4.02. The fraction of sp³-hybridized carbons (Fsp3) is 0.600. The highest BCUT2D eigenvalue weighted by Gasteiger charge is 2.39. The molecule has 1 fully saturated rings. The molecular weight excluding hydrogens is 210 g/mol. The van der Waals surface area contributed by atoms with Crippen molar-refractivity contribution in [3.8, 4) is 5.75 Å². The van der Waals surface area contributed by atoms with Crippen LogP contribution in [-0.2, 0) is 5.41 Å². The molecule has 1 aliphatic rings. The van der Waals surface area contributed by atoms with Crippen LogP contribution in [0.15, 0.2) is 18.2 Å². The Balaban J connectivity index is 2.09. The van der Waals surface area contributed by atoms with Crippen LogP contribution in [0.25, 0.3) is 0 Å². The Kier molecular flexibility index (Phi) is 2.94. The van der Waals surface area contributed by atoms with Crippen molar-refractivity contribution in [2.24, 2.45) is 5.73 Å². The van der Waals surface area contributed by atoms with E-state index in [2.05, 4.69) is 45.9 Å². The standard InChI is InChI=1S/C15H23NO/c1-11-9-12(14(2,3)4)5-6-13(11)17-10-15(16)7-8-15/h5-6,9H,7-8,10,16H2,1-4H3. The molecule has 0 aliphatic heterocycles. The third-order valence-electron chi connectivity index (χ3n) is 3.45. The summed E-state index contributed by atoms with van der Waals surface area (Å²) in [5.41, 5.74) is 8.70. The summed E-state index contributed by atoms with van der Waals surface area (Å²) in [5, 5.41) is 0. The van der Waals surface area contributed by atoms with Crippen LogP contribution in [0.5, 0.6) is 5.75 Å². The molecule has 0 heterocycles. The van der Waals surface area contributed by atoms with Crippen molar-refractivity contribution in [1.82, 2.24) is 0 Å². The second-order valence-electron chi connectivity index (χ2n) is 6.38. The van der Waals surface area contributed by atoms with E-state index in [1.165, 1.54) is 11.1 Å². The molecule has 0 radical (unpaired) electrons. The predicted octanol–water partition coefficient (Wildman–Crippen LogP) is 3.16. The molecule has 0 atom stereocenters. The van der Waals surface area contributed by atoms with Gasteiger partial charge in [0.25, 0.3) is 0 Å². The van der Waals surface area contributed by atoms with Crippen LogP contribution in [-0.4, -0.2) is 12.1 Å². The summed E-state index contributed by atoms with van der Waals surface area (Å²) in [5.74, 6) is 0.967. The fourth-order valence-electron chi connectivity index (χ4n) is 1.80. The van der Waals surface area contributed by atoms with Crippen LogP contribution in [0, 0.1) is 6.92 Å². The first kappa shape index (κ1) is 12.4. The van der Waals surface area contributed by atoms with E-state index in [1.54, 1.807) is 0 Å². The van der Waals surface area contributed by atoms with Crippen molar-refractivity contribution in [2.75, 3.05) is 6.61 Å². The maximum absolute atomic E-state index is 6.02. The molecule has 1 aromatic carbocycles. The first-order valence-corrected chi connectivity index (χ1v) is 6.33. The number of rotatable bonds is 3. The lowest BCUT2D eigenvalue weighted by Crippen LogP contribution is -2.29. The van der Waals surface area contributed by atoms with Gasteiger partial charge >= 0.3 is 0 Å². The molecule has 17 heavy (non-hydrogen) atoms. The molecule has 0 bridgehead atoms. The molecule has 0 saturated heterocycles. The highest BCUT2D eigenvalue weighted by molar-refractivity contribution is 5.38. The molecular formula is C15H23NO. The van der Waals surface area contributed by atoms with Crippen LogP contribution in [0.3, 0.4) is 0 Å². The topological polar surface area (TPSA) is 35.2 Å². The van der Waals surface area contributed by atoms with Gasteiger partial charge in [0.15, 0.2) is 0 Å². The van der Waals surface area contributed by atoms with Crippen LogP contribution in [0.1, 0.15) is 44.7 Å². The van der Waals surface area contributed by atoms with Gasteiger partial charge in [-0.25, -0.2) is 0 Å². The van der Waals surface area contributed by atoms with Crippen molar-refractivity contribution in [3.05, 3.63) is 29.3 Å². The molecule has 2 N–H and O–H groups in total. The molecule has 2 rings (SSSR count). The molecule has 0 unspecified atom stereocenters. The van der Waals surface area contributed by atoms with Gasteiger partial charge in [-0.3, -0.25) is 0 Å². The summed E-state index contributed by atoms with van der Waals surface area (Å²) < 4.78 is 5.81. The van der Waals surface area contributed by atoms with Gasteiger partial charge in [-0.2, -0.15) is 0 Å². The number of nitrogens with two attached hydrogens (primary N) is 1. The molecule has 2 heteroatoms. The molecule has 94 valence electrons. The summed E-state index contributed by atoms with van der Waals surface area (Å²) in [7, 11) is 0. The number of hydrogen-bond acceptors (Lipinski definition) is 2. The first-order chi connectivity index (χ1) is 7.80. The van der Waals surface area contributed by atoms with Crippen LogP contribution >= 0.6 is 0 Å². The minimum absolute atomic E-state index is 0.0465. The summed E-state index contributed by atoms with van der Waals surface area (Å²) in [6.07, 6.45) is 2.18. The Hall–Kier alpha value is -1.02. The number of ether oxygens (including phenoxy) is 1. The van der Waals surface area contributed by atoms with Gasteiger partial charge in [0, 0.05) is 0 Å². The van der Waals surface area contributed by atoms with Crippen molar-refractivity contribution < 1.29 is 4.74 Å². The van der Waals surface area contributed by atoms with Gasteiger partial charge in [0.1, 0.15) is 12.4 Å². The van der Waals surface area contributed by atoms with E-state index < -0.39 is 0 Å². The lowest BCUT2D eigenvalue weighted by molar-refractivity contribution is 0.277. The maximum atomic E-state index is 6.02. The van der Waals surface area contributed by atoms with Gasteiger partial charge in [-0.05, 0) is 42.4 Å². The molecule has 1 aromatic rings. The van der Waals surface area contributed by atoms with Gasteiger partial charge in [-0.1, -0.05) is 32.9 Å². The van der Waals surface area contributed by atoms with Crippen LogP contribution < -0.4 is 10.5 Å². The SMILES string of the molecule is Cc1cc(C(C)(C)C)ccc1OCC1(N)CC1. The van der Waals surface area contributed by atoms with E-state index in [0.717, 1.165) is 18.6 Å². The van der Waals surface area contributed by atoms with Crippen molar-refractivity contribution in [3.63, 3.8) is 0 Å². The second-order valence-corrected chi connectivity index (χ2v) is 6.38. The zero-order valence-corrected chi connectivity index (χ0v) is 11.3. The molecule has 0 aromatic heterocycles. The third-order valence-corrected chi connectivity index (χ3v) is 3.45. The summed E-state index contributed by atoms with van der Waals surface area (Å²) in [4.78, 5) is 0. The highest BCUT2D eigenvalue weighted by atomic mass is 16.5. The zero-order valence-electron chi connectivity index (χ0n) is 11.3. The average Bonchev–Trinajstić information content (AvgIpc) is 2.94. The Morgan fingerprint density at radius 1 is 1.29 bits per heavy atom. The molecule has 0 amide bonds. The van der Waals surface area contributed by atoms with E-state index in [4.69, 9.17) is 10.5 Å². The number of aryl methyl sites for hydroxylation is 1. The summed E-state index contributed by atoms with van der Waals surface area (Å²) in [6.45, 7) is 9.41. The Bertz CT molecular complexity index is 413. The first-order valence-electron chi connectivity index (χ1n) is 6.33. The highest BCUT2D eigenvalue weighted by Crippen LogP contribution is 2.34. The van der Waals surface area contributed by atoms with E-state index in [9.17, 15) is 0 Å². The number of benzene rings is 1. The Morgan fingerprint density at radius 2 is 1.94 bits per heavy atom. The van der Waals surface area contributed by atoms with Crippen LogP contribution in [0.2, 0.25) is 0 Å². The molecule has 1 aliphatic carbocycles. The minimum atomic E-state index is -0.0465. The molecule has 1 saturated carbocycles. The van der Waals surface area contributed by atoms with Gasteiger partial charge < -0.3 is 10.5 Å². The third kappa shape index (κ3) is 3.01. The largest absolute Gasteiger partial charge is 0.491 e. The lowest BCUT2D eigenvalue weighted by Gasteiger charge is -2.21. The summed E-state index contributed by atoms with van der Waals surface area (Å²) in [6, 6.07) is 6.44. The quantitative estimate of drug-likeness (QED) is 0.870. The van der Waals surface area contributed by atoms with Gasteiger partial charge in [0.2, 0.25) is 0 Å². The average molecular weight is 233 g/mol. The van der Waals surface area contributed by atoms with Crippen molar-refractivity contribution >= 4 is 0 Å². The van der Waals surface area contributed by atoms with E-state index >= 15 is 0 Å².